The molecule has 0 spiro atoms. The monoisotopic (exact) mass is 333 g/mol. The van der Waals surface area contributed by atoms with Crippen LogP contribution < -0.4 is 4.74 Å². The van der Waals surface area contributed by atoms with Crippen molar-refractivity contribution in [3.63, 3.8) is 0 Å². The maximum absolute atomic E-state index is 5.49. The molecule has 4 nitrogen and oxygen atoms in total. The van der Waals surface area contributed by atoms with Gasteiger partial charge in [0, 0.05) is 11.3 Å². The van der Waals surface area contributed by atoms with Crippen molar-refractivity contribution >= 4 is 28.1 Å². The van der Waals surface area contributed by atoms with E-state index in [0.717, 1.165) is 44.2 Å². The molecule has 0 saturated heterocycles. The Kier molecular flexibility index (Phi) is 4.69. The van der Waals surface area contributed by atoms with E-state index in [9.17, 15) is 0 Å². The molecule has 0 aliphatic rings. The zero-order valence-corrected chi connectivity index (χ0v) is 14.6. The number of ether oxygens (including phenoxy) is 1. The van der Waals surface area contributed by atoms with E-state index >= 15 is 0 Å². The van der Waals surface area contributed by atoms with Crippen LogP contribution in [0.15, 0.2) is 28.6 Å². The smallest absolute Gasteiger partial charge is 0.213 e. The van der Waals surface area contributed by atoms with Gasteiger partial charge in [0.2, 0.25) is 4.96 Å². The van der Waals surface area contributed by atoms with Crippen LogP contribution >= 0.6 is 23.1 Å². The third kappa shape index (κ3) is 2.98. The van der Waals surface area contributed by atoms with E-state index < -0.39 is 0 Å². The average molecular weight is 333 g/mol. The minimum absolute atomic E-state index is 0.681. The molecule has 0 atom stereocenters. The Bertz CT molecular complexity index is 762. The Morgan fingerprint density at radius 3 is 2.64 bits per heavy atom. The standard InChI is InChI=1S/C16H19N3OS2/c1-4-10-21-16-18-19-11(3)14(17-15(19)22-16)12-6-8-13(9-7-12)20-5-2/h6-9H,4-5,10H2,1-3H3. The number of hydrogen-bond donors (Lipinski definition) is 0. The quantitative estimate of drug-likeness (QED) is 0.615. The van der Waals surface area contributed by atoms with Crippen molar-refractivity contribution in [3.05, 3.63) is 30.0 Å². The second kappa shape index (κ2) is 6.71. The summed E-state index contributed by atoms with van der Waals surface area (Å²) in [6.07, 6.45) is 1.16. The molecule has 0 amide bonds. The minimum atomic E-state index is 0.681. The number of hydrogen-bond acceptors (Lipinski definition) is 5. The summed E-state index contributed by atoms with van der Waals surface area (Å²) >= 11 is 3.46. The summed E-state index contributed by atoms with van der Waals surface area (Å²) in [7, 11) is 0. The van der Waals surface area contributed by atoms with E-state index in [4.69, 9.17) is 9.72 Å². The Balaban J connectivity index is 1.90. The zero-order chi connectivity index (χ0) is 15.5. The van der Waals surface area contributed by atoms with Crippen LogP contribution in [-0.2, 0) is 0 Å². The highest BCUT2D eigenvalue weighted by Crippen LogP contribution is 2.31. The van der Waals surface area contributed by atoms with Gasteiger partial charge in [0.1, 0.15) is 5.75 Å². The van der Waals surface area contributed by atoms with Crippen LogP contribution in [0.1, 0.15) is 26.0 Å². The van der Waals surface area contributed by atoms with Gasteiger partial charge in [-0.05, 0) is 44.5 Å². The largest absolute Gasteiger partial charge is 0.494 e. The minimum Gasteiger partial charge on any atom is -0.494 e. The molecule has 0 aliphatic heterocycles. The average Bonchev–Trinajstić information content (AvgIpc) is 3.06. The molecule has 3 aromatic rings. The second-order valence-corrected chi connectivity index (χ2v) is 7.21. The van der Waals surface area contributed by atoms with Crippen molar-refractivity contribution in [2.45, 2.75) is 31.5 Å². The highest BCUT2D eigenvalue weighted by Gasteiger charge is 2.15. The summed E-state index contributed by atoms with van der Waals surface area (Å²) in [4.78, 5) is 5.71. The predicted molar refractivity (Wildman–Crippen MR) is 93.2 cm³/mol. The molecule has 116 valence electrons. The van der Waals surface area contributed by atoms with Crippen molar-refractivity contribution in [1.29, 1.82) is 0 Å². The van der Waals surface area contributed by atoms with Crippen LogP contribution in [0.2, 0.25) is 0 Å². The summed E-state index contributed by atoms with van der Waals surface area (Å²) in [5.41, 5.74) is 3.18. The van der Waals surface area contributed by atoms with Crippen molar-refractivity contribution in [3.8, 4) is 17.0 Å². The SMILES string of the molecule is CCCSc1nn2c(C)c(-c3ccc(OCC)cc3)nc2s1. The van der Waals surface area contributed by atoms with Crippen LogP contribution in [-0.4, -0.2) is 27.0 Å². The van der Waals surface area contributed by atoms with Gasteiger partial charge in [0.05, 0.1) is 18.0 Å². The first-order valence-electron chi connectivity index (χ1n) is 7.45. The Labute approximate surface area is 138 Å². The molecule has 0 bridgehead atoms. The number of rotatable bonds is 6. The lowest BCUT2D eigenvalue weighted by atomic mass is 10.1. The van der Waals surface area contributed by atoms with Gasteiger partial charge in [-0.3, -0.25) is 0 Å². The summed E-state index contributed by atoms with van der Waals surface area (Å²) in [5, 5.41) is 4.65. The van der Waals surface area contributed by atoms with E-state index in [1.54, 1.807) is 23.1 Å². The van der Waals surface area contributed by atoms with Crippen LogP contribution in [0, 0.1) is 6.92 Å². The molecule has 2 aromatic heterocycles. The fourth-order valence-electron chi connectivity index (χ4n) is 2.23. The molecular weight excluding hydrogens is 314 g/mol. The summed E-state index contributed by atoms with van der Waals surface area (Å²) < 4.78 is 8.53. The molecule has 0 N–H and O–H groups in total. The number of aromatic nitrogens is 3. The Hall–Kier alpha value is -1.53. The highest BCUT2D eigenvalue weighted by atomic mass is 32.2. The molecule has 0 fully saturated rings. The summed E-state index contributed by atoms with van der Waals surface area (Å²) in [5.74, 6) is 1.99. The van der Waals surface area contributed by atoms with Crippen LogP contribution in [0.4, 0.5) is 0 Å². The molecule has 0 saturated carbocycles. The van der Waals surface area contributed by atoms with Gasteiger partial charge in [-0.25, -0.2) is 9.50 Å². The third-order valence-corrected chi connectivity index (χ3v) is 5.53. The van der Waals surface area contributed by atoms with Gasteiger partial charge in [0.15, 0.2) is 4.34 Å². The van der Waals surface area contributed by atoms with Crippen molar-refractivity contribution < 1.29 is 4.74 Å². The van der Waals surface area contributed by atoms with Gasteiger partial charge in [0.25, 0.3) is 0 Å². The molecule has 3 rings (SSSR count). The lowest BCUT2D eigenvalue weighted by Gasteiger charge is -2.04. The van der Waals surface area contributed by atoms with Crippen LogP contribution in [0.25, 0.3) is 16.2 Å². The van der Waals surface area contributed by atoms with Crippen LogP contribution in [0.5, 0.6) is 5.75 Å². The third-order valence-electron chi connectivity index (χ3n) is 3.28. The van der Waals surface area contributed by atoms with E-state index in [-0.39, 0.29) is 0 Å². The van der Waals surface area contributed by atoms with E-state index in [1.165, 1.54) is 0 Å². The summed E-state index contributed by atoms with van der Waals surface area (Å²) in [6, 6.07) is 8.08. The number of nitrogens with zero attached hydrogens (tertiary/aromatic N) is 3. The lowest BCUT2D eigenvalue weighted by molar-refractivity contribution is 0.340. The molecule has 2 heterocycles. The number of thioether (sulfide) groups is 1. The molecule has 0 aliphatic carbocycles. The number of aryl methyl sites for hydroxylation is 1. The molecule has 1 aromatic carbocycles. The number of imidazole rings is 1. The molecule has 6 heteroatoms. The van der Waals surface area contributed by atoms with E-state index in [2.05, 4.69) is 31.1 Å². The van der Waals surface area contributed by atoms with Gasteiger partial charge in [-0.2, -0.15) is 0 Å². The fourth-order valence-corrected chi connectivity index (χ4v) is 4.14. The van der Waals surface area contributed by atoms with Crippen molar-refractivity contribution in [2.75, 3.05) is 12.4 Å². The molecule has 22 heavy (non-hydrogen) atoms. The zero-order valence-electron chi connectivity index (χ0n) is 13.0. The first-order valence-corrected chi connectivity index (χ1v) is 9.25. The van der Waals surface area contributed by atoms with Gasteiger partial charge in [-0.15, -0.1) is 5.10 Å². The second-order valence-electron chi connectivity index (χ2n) is 4.91. The van der Waals surface area contributed by atoms with Gasteiger partial charge >= 0.3 is 0 Å². The predicted octanol–water partition coefficient (Wildman–Crippen LogP) is 4.67. The number of fused-ring (bicyclic) bond motifs is 1. The Morgan fingerprint density at radius 2 is 2.00 bits per heavy atom. The van der Waals surface area contributed by atoms with E-state index in [0.29, 0.717) is 6.61 Å². The first kappa shape index (κ1) is 15.4. The normalized spacial score (nSPS) is 11.2. The van der Waals surface area contributed by atoms with Crippen LogP contribution in [0.3, 0.4) is 0 Å². The van der Waals surface area contributed by atoms with Gasteiger partial charge < -0.3 is 4.74 Å². The summed E-state index contributed by atoms with van der Waals surface area (Å²) in [6.45, 7) is 6.92. The van der Waals surface area contributed by atoms with Crippen molar-refractivity contribution in [1.82, 2.24) is 14.6 Å². The highest BCUT2D eigenvalue weighted by molar-refractivity contribution is 8.01. The number of benzene rings is 1. The topological polar surface area (TPSA) is 39.4 Å². The van der Waals surface area contributed by atoms with E-state index in [1.807, 2.05) is 23.6 Å². The first-order chi connectivity index (χ1) is 10.7. The van der Waals surface area contributed by atoms with Gasteiger partial charge in [-0.1, -0.05) is 30.0 Å². The molecule has 0 unspecified atom stereocenters. The van der Waals surface area contributed by atoms with Crippen molar-refractivity contribution in [2.24, 2.45) is 0 Å². The maximum Gasteiger partial charge on any atom is 0.213 e. The molecular formula is C16H19N3OS2. The lowest BCUT2D eigenvalue weighted by Crippen LogP contribution is -1.92. The maximum atomic E-state index is 5.49. The Morgan fingerprint density at radius 1 is 1.23 bits per heavy atom. The fraction of sp³-hybridized carbons (Fsp3) is 0.375. The molecule has 0 radical (unpaired) electrons.